The van der Waals surface area contributed by atoms with Gasteiger partial charge < -0.3 is 10.2 Å². The molecule has 0 spiro atoms. The third-order valence-corrected chi connectivity index (χ3v) is 4.18. The van der Waals surface area contributed by atoms with Crippen LogP contribution >= 0.6 is 0 Å². The zero-order valence-corrected chi connectivity index (χ0v) is 11.2. The molecule has 2 fully saturated rings. The van der Waals surface area contributed by atoms with E-state index in [1.54, 1.807) is 0 Å². The molecule has 3 nitrogen and oxygen atoms in total. The predicted octanol–water partition coefficient (Wildman–Crippen LogP) is 2.02. The molecule has 2 unspecified atom stereocenters. The van der Waals surface area contributed by atoms with Crippen LogP contribution in [0.4, 0.5) is 0 Å². The smallest absolute Gasteiger partial charge is 0.225 e. The fraction of sp³-hybridized carbons (Fsp3) is 0.929. The van der Waals surface area contributed by atoms with Crippen LogP contribution < -0.4 is 5.32 Å². The summed E-state index contributed by atoms with van der Waals surface area (Å²) in [4.78, 5) is 14.7. The van der Waals surface area contributed by atoms with Crippen LogP contribution in [0.25, 0.3) is 0 Å². The first kappa shape index (κ1) is 12.9. The lowest BCUT2D eigenvalue weighted by Crippen LogP contribution is -2.50. The summed E-state index contributed by atoms with van der Waals surface area (Å²) in [6.45, 7) is 7.32. The molecule has 0 bridgehead atoms. The summed E-state index contributed by atoms with van der Waals surface area (Å²) in [6.07, 6.45) is 5.97. The van der Waals surface area contributed by atoms with E-state index < -0.39 is 0 Å². The molecule has 2 atom stereocenters. The molecule has 1 saturated heterocycles. The fourth-order valence-electron chi connectivity index (χ4n) is 2.87. The maximum atomic E-state index is 12.5. The second kappa shape index (κ2) is 5.85. The first-order chi connectivity index (χ1) is 8.24. The standard InChI is InChI=1S/C14H26N2O/c1-3-9-16(13-5-4-8-15-10-13)14(17)11(2)12-6-7-12/h11-13,15H,3-10H2,1-2H3. The lowest BCUT2D eigenvalue weighted by atomic mass is 10.00. The highest BCUT2D eigenvalue weighted by molar-refractivity contribution is 5.79. The highest BCUT2D eigenvalue weighted by Gasteiger charge is 2.36. The largest absolute Gasteiger partial charge is 0.338 e. The van der Waals surface area contributed by atoms with Gasteiger partial charge in [-0.3, -0.25) is 4.79 Å². The second-order valence-corrected chi connectivity index (χ2v) is 5.66. The van der Waals surface area contributed by atoms with Crippen molar-refractivity contribution in [3.63, 3.8) is 0 Å². The van der Waals surface area contributed by atoms with Gasteiger partial charge in [-0.25, -0.2) is 0 Å². The number of nitrogens with zero attached hydrogens (tertiary/aromatic N) is 1. The Bertz CT molecular complexity index is 257. The fourth-order valence-corrected chi connectivity index (χ4v) is 2.87. The van der Waals surface area contributed by atoms with Crippen LogP contribution in [0.1, 0.15) is 46.0 Å². The Morgan fingerprint density at radius 3 is 2.71 bits per heavy atom. The number of carbonyl (C=O) groups excluding carboxylic acids is 1. The third-order valence-electron chi connectivity index (χ3n) is 4.18. The molecule has 1 amide bonds. The maximum Gasteiger partial charge on any atom is 0.225 e. The lowest BCUT2D eigenvalue weighted by molar-refractivity contribution is -0.138. The Hall–Kier alpha value is -0.570. The van der Waals surface area contributed by atoms with Crippen molar-refractivity contribution in [3.05, 3.63) is 0 Å². The van der Waals surface area contributed by atoms with E-state index in [9.17, 15) is 4.79 Å². The monoisotopic (exact) mass is 238 g/mol. The molecular weight excluding hydrogens is 212 g/mol. The average molecular weight is 238 g/mol. The van der Waals surface area contributed by atoms with Crippen molar-refractivity contribution in [2.75, 3.05) is 19.6 Å². The summed E-state index contributed by atoms with van der Waals surface area (Å²) < 4.78 is 0. The van der Waals surface area contributed by atoms with E-state index in [-0.39, 0.29) is 5.92 Å². The minimum absolute atomic E-state index is 0.253. The minimum Gasteiger partial charge on any atom is -0.338 e. The number of nitrogens with one attached hydrogen (secondary N) is 1. The van der Waals surface area contributed by atoms with Crippen molar-refractivity contribution in [3.8, 4) is 0 Å². The first-order valence-corrected chi connectivity index (χ1v) is 7.25. The molecule has 2 rings (SSSR count). The normalized spacial score (nSPS) is 26.6. The summed E-state index contributed by atoms with van der Waals surface area (Å²) in [5.41, 5.74) is 0. The van der Waals surface area contributed by atoms with Gasteiger partial charge in [-0.2, -0.15) is 0 Å². The zero-order valence-electron chi connectivity index (χ0n) is 11.2. The van der Waals surface area contributed by atoms with Crippen molar-refractivity contribution in [1.29, 1.82) is 0 Å². The lowest BCUT2D eigenvalue weighted by Gasteiger charge is -2.36. The number of piperidine rings is 1. The van der Waals surface area contributed by atoms with Crippen molar-refractivity contribution >= 4 is 5.91 Å². The van der Waals surface area contributed by atoms with E-state index in [0.29, 0.717) is 17.9 Å². The highest BCUT2D eigenvalue weighted by Crippen LogP contribution is 2.37. The van der Waals surface area contributed by atoms with Crippen molar-refractivity contribution < 1.29 is 4.79 Å². The molecule has 0 aromatic carbocycles. The third kappa shape index (κ3) is 3.21. The molecule has 1 N–H and O–H groups in total. The van der Waals surface area contributed by atoms with Gasteiger partial charge in [-0.1, -0.05) is 13.8 Å². The van der Waals surface area contributed by atoms with E-state index in [0.717, 1.165) is 26.1 Å². The van der Waals surface area contributed by atoms with E-state index in [2.05, 4.69) is 24.1 Å². The number of hydrogen-bond acceptors (Lipinski definition) is 2. The van der Waals surface area contributed by atoms with Crippen LogP contribution in [-0.2, 0) is 4.79 Å². The molecule has 1 heterocycles. The van der Waals surface area contributed by atoms with Gasteiger partial charge in [-0.15, -0.1) is 0 Å². The van der Waals surface area contributed by atoms with E-state index >= 15 is 0 Å². The number of rotatable bonds is 5. The highest BCUT2D eigenvalue weighted by atomic mass is 16.2. The van der Waals surface area contributed by atoms with E-state index in [4.69, 9.17) is 0 Å². The van der Waals surface area contributed by atoms with Crippen LogP contribution in [0.2, 0.25) is 0 Å². The van der Waals surface area contributed by atoms with Gasteiger partial charge in [0.2, 0.25) is 5.91 Å². The second-order valence-electron chi connectivity index (χ2n) is 5.66. The molecule has 1 aliphatic heterocycles. The molecule has 0 aromatic rings. The first-order valence-electron chi connectivity index (χ1n) is 7.25. The van der Waals surface area contributed by atoms with Crippen molar-refractivity contribution in [2.45, 2.75) is 52.0 Å². The Balaban J connectivity index is 1.96. The van der Waals surface area contributed by atoms with E-state index in [1.165, 1.54) is 25.7 Å². The van der Waals surface area contributed by atoms with Gasteiger partial charge in [0.25, 0.3) is 0 Å². The number of hydrogen-bond donors (Lipinski definition) is 1. The molecule has 17 heavy (non-hydrogen) atoms. The Morgan fingerprint density at radius 2 is 2.18 bits per heavy atom. The molecule has 2 aliphatic rings. The van der Waals surface area contributed by atoms with Gasteiger partial charge >= 0.3 is 0 Å². The summed E-state index contributed by atoms with van der Waals surface area (Å²) in [6, 6.07) is 0.442. The number of carbonyl (C=O) groups is 1. The summed E-state index contributed by atoms with van der Waals surface area (Å²) in [5, 5.41) is 3.42. The van der Waals surface area contributed by atoms with Crippen LogP contribution in [0.3, 0.4) is 0 Å². The molecule has 0 radical (unpaired) electrons. The quantitative estimate of drug-likeness (QED) is 0.795. The zero-order chi connectivity index (χ0) is 12.3. The summed E-state index contributed by atoms with van der Waals surface area (Å²) in [5.74, 6) is 1.34. The SMILES string of the molecule is CCCN(C(=O)C(C)C1CC1)C1CCCNC1. The van der Waals surface area contributed by atoms with Gasteiger partial charge in [-0.05, 0) is 44.6 Å². The molecule has 0 aromatic heterocycles. The predicted molar refractivity (Wildman–Crippen MR) is 69.8 cm³/mol. The van der Waals surface area contributed by atoms with Crippen LogP contribution in [-0.4, -0.2) is 36.5 Å². The average Bonchev–Trinajstić information content (AvgIpc) is 3.19. The van der Waals surface area contributed by atoms with Gasteiger partial charge in [0, 0.05) is 25.0 Å². The number of amides is 1. The van der Waals surface area contributed by atoms with Crippen molar-refractivity contribution in [1.82, 2.24) is 10.2 Å². The van der Waals surface area contributed by atoms with Crippen LogP contribution in [0.15, 0.2) is 0 Å². The molecule has 1 aliphatic carbocycles. The van der Waals surface area contributed by atoms with Gasteiger partial charge in [0.15, 0.2) is 0 Å². The molecule has 1 saturated carbocycles. The Labute approximate surface area is 105 Å². The topological polar surface area (TPSA) is 32.3 Å². The van der Waals surface area contributed by atoms with Gasteiger partial charge in [0.1, 0.15) is 0 Å². The molecule has 3 heteroatoms. The maximum absolute atomic E-state index is 12.5. The molecule has 98 valence electrons. The molecular formula is C14H26N2O. The van der Waals surface area contributed by atoms with Gasteiger partial charge in [0.05, 0.1) is 0 Å². The summed E-state index contributed by atoms with van der Waals surface area (Å²) >= 11 is 0. The minimum atomic E-state index is 0.253. The Morgan fingerprint density at radius 1 is 1.41 bits per heavy atom. The summed E-state index contributed by atoms with van der Waals surface area (Å²) in [7, 11) is 0. The van der Waals surface area contributed by atoms with Crippen molar-refractivity contribution in [2.24, 2.45) is 11.8 Å². The Kier molecular flexibility index (Phi) is 4.43. The van der Waals surface area contributed by atoms with Crippen LogP contribution in [0.5, 0.6) is 0 Å². The van der Waals surface area contributed by atoms with E-state index in [1.807, 2.05) is 0 Å². The van der Waals surface area contributed by atoms with Crippen LogP contribution in [0, 0.1) is 11.8 Å².